The van der Waals surface area contributed by atoms with Gasteiger partial charge in [0.25, 0.3) is 0 Å². The van der Waals surface area contributed by atoms with E-state index in [1.54, 1.807) is 0 Å². The molecule has 1 aromatic heterocycles. The van der Waals surface area contributed by atoms with E-state index in [2.05, 4.69) is 21.3 Å². The van der Waals surface area contributed by atoms with Gasteiger partial charge in [0, 0.05) is 25.3 Å². The average Bonchev–Trinajstić information content (AvgIpc) is 3.12. The van der Waals surface area contributed by atoms with Gasteiger partial charge in [0.15, 0.2) is 0 Å². The number of rotatable bonds is 6. The van der Waals surface area contributed by atoms with Crippen molar-refractivity contribution in [1.82, 2.24) is 10.3 Å². The van der Waals surface area contributed by atoms with Gasteiger partial charge in [-0.1, -0.05) is 6.07 Å². The Labute approximate surface area is 96.3 Å². The lowest BCUT2D eigenvalue weighted by Gasteiger charge is -2.22. The van der Waals surface area contributed by atoms with Gasteiger partial charge in [-0.2, -0.15) is 0 Å². The maximum atomic E-state index is 9.03. The fourth-order valence-corrected chi connectivity index (χ4v) is 1.87. The van der Waals surface area contributed by atoms with Gasteiger partial charge in [-0.05, 0) is 31.5 Å². The summed E-state index contributed by atoms with van der Waals surface area (Å²) in [7, 11) is 1.93. The molecule has 0 aromatic carbocycles. The molecule has 4 heteroatoms. The minimum Gasteiger partial charge on any atom is -0.395 e. The molecule has 0 aliphatic heterocycles. The van der Waals surface area contributed by atoms with Crippen LogP contribution in [-0.2, 0) is 6.54 Å². The smallest absolute Gasteiger partial charge is 0.128 e. The molecule has 1 aliphatic rings. The van der Waals surface area contributed by atoms with Gasteiger partial charge in [0.05, 0.1) is 6.61 Å². The lowest BCUT2D eigenvalue weighted by Crippen LogP contribution is -2.29. The van der Waals surface area contributed by atoms with Crippen LogP contribution >= 0.6 is 0 Å². The summed E-state index contributed by atoms with van der Waals surface area (Å²) in [6.45, 7) is 1.72. The van der Waals surface area contributed by atoms with Crippen LogP contribution in [-0.4, -0.2) is 36.3 Å². The molecule has 1 aliphatic carbocycles. The van der Waals surface area contributed by atoms with E-state index in [4.69, 9.17) is 5.11 Å². The van der Waals surface area contributed by atoms with Crippen LogP contribution in [0.2, 0.25) is 0 Å². The van der Waals surface area contributed by atoms with Gasteiger partial charge >= 0.3 is 0 Å². The highest BCUT2D eigenvalue weighted by Gasteiger charge is 2.29. The normalized spacial score (nSPS) is 15.1. The monoisotopic (exact) mass is 221 g/mol. The standard InChI is InChI=1S/C12H19N3O/c1-13-8-10-2-5-12(14-9-10)15(6-7-16)11-3-4-11/h2,5,9,11,13,16H,3-4,6-8H2,1H3. The number of aliphatic hydroxyl groups is 1. The van der Waals surface area contributed by atoms with Gasteiger partial charge in [-0.25, -0.2) is 4.98 Å². The number of aliphatic hydroxyl groups excluding tert-OH is 1. The van der Waals surface area contributed by atoms with E-state index in [1.807, 2.05) is 19.3 Å². The third-order valence-corrected chi connectivity index (χ3v) is 2.81. The van der Waals surface area contributed by atoms with Gasteiger partial charge in [0.2, 0.25) is 0 Å². The molecule has 1 fully saturated rings. The van der Waals surface area contributed by atoms with Gasteiger partial charge in [-0.3, -0.25) is 0 Å². The molecule has 1 aromatic rings. The number of nitrogens with zero attached hydrogens (tertiary/aromatic N) is 2. The van der Waals surface area contributed by atoms with Crippen molar-refractivity contribution in [2.45, 2.75) is 25.4 Å². The highest BCUT2D eigenvalue weighted by Crippen LogP contribution is 2.30. The summed E-state index contributed by atoms with van der Waals surface area (Å²) in [5, 5.41) is 12.1. The maximum absolute atomic E-state index is 9.03. The van der Waals surface area contributed by atoms with E-state index >= 15 is 0 Å². The van der Waals surface area contributed by atoms with Crippen molar-refractivity contribution in [2.75, 3.05) is 25.1 Å². The maximum Gasteiger partial charge on any atom is 0.128 e. The predicted octanol–water partition coefficient (Wildman–Crippen LogP) is 0.762. The Morgan fingerprint density at radius 3 is 2.81 bits per heavy atom. The molecule has 0 spiro atoms. The fourth-order valence-electron chi connectivity index (χ4n) is 1.87. The lowest BCUT2D eigenvalue weighted by molar-refractivity contribution is 0.301. The second-order valence-electron chi connectivity index (χ2n) is 4.20. The first-order chi connectivity index (χ1) is 7.85. The molecule has 88 valence electrons. The molecule has 4 nitrogen and oxygen atoms in total. The molecule has 1 heterocycles. The molecule has 1 saturated carbocycles. The molecule has 0 unspecified atom stereocenters. The van der Waals surface area contributed by atoms with Crippen LogP contribution < -0.4 is 10.2 Å². The topological polar surface area (TPSA) is 48.4 Å². The van der Waals surface area contributed by atoms with E-state index in [1.165, 1.54) is 18.4 Å². The Balaban J connectivity index is 2.05. The fraction of sp³-hybridized carbons (Fsp3) is 0.583. The first-order valence-electron chi connectivity index (χ1n) is 5.82. The average molecular weight is 221 g/mol. The predicted molar refractivity (Wildman–Crippen MR) is 64.5 cm³/mol. The largest absolute Gasteiger partial charge is 0.395 e. The number of hydrogen-bond acceptors (Lipinski definition) is 4. The van der Waals surface area contributed by atoms with Gasteiger partial charge in [0.1, 0.15) is 5.82 Å². The molecule has 0 amide bonds. The highest BCUT2D eigenvalue weighted by molar-refractivity contribution is 5.42. The second-order valence-corrected chi connectivity index (χ2v) is 4.20. The van der Waals surface area contributed by atoms with Crippen molar-refractivity contribution >= 4 is 5.82 Å². The molecule has 2 rings (SSSR count). The number of nitrogens with one attached hydrogen (secondary N) is 1. The minimum absolute atomic E-state index is 0.191. The minimum atomic E-state index is 0.191. The summed E-state index contributed by atoms with van der Waals surface area (Å²) in [6, 6.07) is 4.72. The van der Waals surface area contributed by atoms with Crippen molar-refractivity contribution in [2.24, 2.45) is 0 Å². The third-order valence-electron chi connectivity index (χ3n) is 2.81. The summed E-state index contributed by atoms with van der Waals surface area (Å²) >= 11 is 0. The van der Waals surface area contributed by atoms with E-state index in [0.717, 1.165) is 12.4 Å². The quantitative estimate of drug-likeness (QED) is 0.744. The molecular weight excluding hydrogens is 202 g/mol. The van der Waals surface area contributed by atoms with Crippen molar-refractivity contribution in [3.63, 3.8) is 0 Å². The van der Waals surface area contributed by atoms with E-state index in [9.17, 15) is 0 Å². The first kappa shape index (κ1) is 11.4. The second kappa shape index (κ2) is 5.27. The summed E-state index contributed by atoms with van der Waals surface area (Å²) in [5.41, 5.74) is 1.19. The molecular formula is C12H19N3O. The van der Waals surface area contributed by atoms with E-state index in [-0.39, 0.29) is 6.61 Å². The van der Waals surface area contributed by atoms with E-state index < -0.39 is 0 Å². The summed E-state index contributed by atoms with van der Waals surface area (Å²) in [6.07, 6.45) is 4.35. The number of pyridine rings is 1. The molecule has 16 heavy (non-hydrogen) atoms. The molecule has 0 bridgehead atoms. The Morgan fingerprint density at radius 1 is 1.50 bits per heavy atom. The van der Waals surface area contributed by atoms with Crippen molar-refractivity contribution < 1.29 is 5.11 Å². The first-order valence-corrected chi connectivity index (χ1v) is 5.82. The van der Waals surface area contributed by atoms with Crippen LogP contribution in [0.4, 0.5) is 5.82 Å². The molecule has 0 radical (unpaired) electrons. The van der Waals surface area contributed by atoms with Crippen molar-refractivity contribution in [1.29, 1.82) is 0 Å². The van der Waals surface area contributed by atoms with Crippen LogP contribution in [0.5, 0.6) is 0 Å². The highest BCUT2D eigenvalue weighted by atomic mass is 16.3. The Kier molecular flexibility index (Phi) is 3.74. The number of aromatic nitrogens is 1. The zero-order chi connectivity index (χ0) is 11.4. The zero-order valence-electron chi connectivity index (χ0n) is 9.69. The van der Waals surface area contributed by atoms with E-state index in [0.29, 0.717) is 12.6 Å². The molecule has 0 atom stereocenters. The Morgan fingerprint density at radius 2 is 2.31 bits per heavy atom. The SMILES string of the molecule is CNCc1ccc(N(CCO)C2CC2)nc1. The van der Waals surface area contributed by atoms with Crippen LogP contribution in [0, 0.1) is 0 Å². The van der Waals surface area contributed by atoms with Crippen molar-refractivity contribution in [3.05, 3.63) is 23.9 Å². The third kappa shape index (κ3) is 2.71. The van der Waals surface area contributed by atoms with Crippen LogP contribution in [0.25, 0.3) is 0 Å². The molecule has 2 N–H and O–H groups in total. The van der Waals surface area contributed by atoms with Gasteiger partial charge in [-0.15, -0.1) is 0 Å². The van der Waals surface area contributed by atoms with Gasteiger partial charge < -0.3 is 15.3 Å². The zero-order valence-corrected chi connectivity index (χ0v) is 9.69. The lowest BCUT2D eigenvalue weighted by atomic mass is 10.2. The van der Waals surface area contributed by atoms with Crippen LogP contribution in [0.3, 0.4) is 0 Å². The summed E-state index contributed by atoms with van der Waals surface area (Å²) in [4.78, 5) is 6.65. The summed E-state index contributed by atoms with van der Waals surface area (Å²) in [5.74, 6) is 0.983. The van der Waals surface area contributed by atoms with Crippen LogP contribution in [0.1, 0.15) is 18.4 Å². The Hall–Kier alpha value is -1.13. The number of hydrogen-bond donors (Lipinski definition) is 2. The van der Waals surface area contributed by atoms with Crippen LogP contribution in [0.15, 0.2) is 18.3 Å². The summed E-state index contributed by atoms with van der Waals surface area (Å²) < 4.78 is 0. The van der Waals surface area contributed by atoms with Crippen molar-refractivity contribution in [3.8, 4) is 0 Å². The molecule has 0 saturated heterocycles. The Bertz CT molecular complexity index is 322. The number of anilines is 1.